The standard InChI is InChI=1S/C28H25NO5/c1-33-21-14-16-24(34-2)22(17-21)26-25(23(30)15-13-19-9-5-3-6-10-19)27(31)28(32)29(26)18-20-11-7-4-8-12-20/h3-17,26,31H,18H2,1-2H3. The lowest BCUT2D eigenvalue weighted by molar-refractivity contribution is -0.130. The molecular weight excluding hydrogens is 430 g/mol. The van der Waals surface area contributed by atoms with Gasteiger partial charge >= 0.3 is 0 Å². The number of aliphatic hydroxyl groups is 1. The first kappa shape index (κ1) is 22.9. The molecule has 4 rings (SSSR count). The van der Waals surface area contributed by atoms with E-state index in [2.05, 4.69) is 0 Å². The minimum Gasteiger partial charge on any atom is -0.503 e. The molecule has 0 saturated heterocycles. The minimum atomic E-state index is -0.856. The van der Waals surface area contributed by atoms with Gasteiger partial charge in [0, 0.05) is 12.1 Å². The smallest absolute Gasteiger partial charge is 0.290 e. The second kappa shape index (κ2) is 10.1. The van der Waals surface area contributed by atoms with Crippen molar-refractivity contribution in [2.45, 2.75) is 12.6 Å². The molecule has 1 aliphatic heterocycles. The Morgan fingerprint density at radius 1 is 0.971 bits per heavy atom. The van der Waals surface area contributed by atoms with Crippen LogP contribution in [0.1, 0.15) is 22.7 Å². The first-order valence-electron chi connectivity index (χ1n) is 10.8. The number of ketones is 1. The van der Waals surface area contributed by atoms with E-state index in [0.29, 0.717) is 17.1 Å². The number of allylic oxidation sites excluding steroid dienone is 1. The van der Waals surface area contributed by atoms with Gasteiger partial charge in [-0.1, -0.05) is 66.7 Å². The normalized spacial score (nSPS) is 15.8. The zero-order chi connectivity index (χ0) is 24.1. The van der Waals surface area contributed by atoms with Crippen LogP contribution in [0.25, 0.3) is 6.08 Å². The van der Waals surface area contributed by atoms with E-state index in [-0.39, 0.29) is 12.1 Å². The molecule has 34 heavy (non-hydrogen) atoms. The van der Waals surface area contributed by atoms with Gasteiger partial charge in [0.15, 0.2) is 11.5 Å². The molecule has 1 unspecified atom stereocenters. The van der Waals surface area contributed by atoms with Crippen LogP contribution >= 0.6 is 0 Å². The Morgan fingerprint density at radius 3 is 2.29 bits per heavy atom. The van der Waals surface area contributed by atoms with Gasteiger partial charge in [0.2, 0.25) is 0 Å². The van der Waals surface area contributed by atoms with E-state index < -0.39 is 23.5 Å². The van der Waals surface area contributed by atoms with E-state index in [0.717, 1.165) is 11.1 Å². The van der Waals surface area contributed by atoms with Crippen molar-refractivity contribution in [1.29, 1.82) is 0 Å². The Labute approximate surface area is 198 Å². The minimum absolute atomic E-state index is 0.000310. The zero-order valence-electron chi connectivity index (χ0n) is 19.0. The molecule has 0 saturated carbocycles. The molecule has 0 spiro atoms. The molecule has 6 heteroatoms. The van der Waals surface area contributed by atoms with Crippen LogP contribution in [0, 0.1) is 0 Å². The number of aliphatic hydroxyl groups excluding tert-OH is 1. The van der Waals surface area contributed by atoms with Crippen molar-refractivity contribution < 1.29 is 24.2 Å². The van der Waals surface area contributed by atoms with E-state index in [4.69, 9.17) is 9.47 Å². The van der Waals surface area contributed by atoms with Crippen LogP contribution in [0.3, 0.4) is 0 Å². The van der Waals surface area contributed by atoms with Gasteiger partial charge in [-0.05, 0) is 35.4 Å². The summed E-state index contributed by atoms with van der Waals surface area (Å²) < 4.78 is 10.9. The molecule has 3 aromatic rings. The molecule has 0 radical (unpaired) electrons. The lowest BCUT2D eigenvalue weighted by Crippen LogP contribution is -2.30. The Bertz CT molecular complexity index is 1250. The second-order valence-electron chi connectivity index (χ2n) is 7.80. The molecule has 0 fully saturated rings. The fourth-order valence-electron chi connectivity index (χ4n) is 4.05. The highest BCUT2D eigenvalue weighted by Crippen LogP contribution is 2.43. The molecule has 3 aromatic carbocycles. The molecule has 6 nitrogen and oxygen atoms in total. The van der Waals surface area contributed by atoms with Gasteiger partial charge in [-0.25, -0.2) is 0 Å². The Kier molecular flexibility index (Phi) is 6.78. The average Bonchev–Trinajstić information content (AvgIpc) is 3.13. The van der Waals surface area contributed by atoms with Gasteiger partial charge in [0.1, 0.15) is 11.5 Å². The van der Waals surface area contributed by atoms with E-state index in [9.17, 15) is 14.7 Å². The largest absolute Gasteiger partial charge is 0.503 e. The fourth-order valence-corrected chi connectivity index (χ4v) is 4.05. The van der Waals surface area contributed by atoms with E-state index in [1.807, 2.05) is 60.7 Å². The lowest BCUT2D eigenvalue weighted by Gasteiger charge is -2.28. The maximum Gasteiger partial charge on any atom is 0.290 e. The number of hydrogen-bond acceptors (Lipinski definition) is 5. The number of hydrogen-bond donors (Lipinski definition) is 1. The molecule has 1 heterocycles. The molecule has 1 aliphatic rings. The van der Waals surface area contributed by atoms with Gasteiger partial charge in [0.25, 0.3) is 5.91 Å². The number of methoxy groups -OCH3 is 2. The summed E-state index contributed by atoms with van der Waals surface area (Å²) in [7, 11) is 3.05. The summed E-state index contributed by atoms with van der Waals surface area (Å²) in [6.45, 7) is 0.202. The van der Waals surface area contributed by atoms with Crippen LogP contribution in [-0.4, -0.2) is 35.9 Å². The first-order valence-corrected chi connectivity index (χ1v) is 10.8. The van der Waals surface area contributed by atoms with Crippen LogP contribution in [0.5, 0.6) is 11.5 Å². The monoisotopic (exact) mass is 455 g/mol. The quantitative estimate of drug-likeness (QED) is 0.490. The van der Waals surface area contributed by atoms with Gasteiger partial charge in [-0.3, -0.25) is 9.59 Å². The van der Waals surface area contributed by atoms with Gasteiger partial charge in [-0.15, -0.1) is 0 Å². The van der Waals surface area contributed by atoms with Crippen LogP contribution in [0.4, 0.5) is 0 Å². The molecule has 1 amide bonds. The molecule has 1 atom stereocenters. The van der Waals surface area contributed by atoms with E-state index >= 15 is 0 Å². The number of benzene rings is 3. The van der Waals surface area contributed by atoms with Crippen molar-refractivity contribution in [3.8, 4) is 11.5 Å². The molecule has 0 aliphatic carbocycles. The predicted octanol–water partition coefficient (Wildman–Crippen LogP) is 4.88. The molecular formula is C28H25NO5. The summed E-state index contributed by atoms with van der Waals surface area (Å²) in [5.74, 6) is -0.617. The number of nitrogens with zero attached hydrogens (tertiary/aromatic N) is 1. The van der Waals surface area contributed by atoms with Crippen molar-refractivity contribution >= 4 is 17.8 Å². The highest BCUT2D eigenvalue weighted by Gasteiger charge is 2.44. The molecule has 0 aromatic heterocycles. The fraction of sp³-hybridized carbons (Fsp3) is 0.143. The van der Waals surface area contributed by atoms with Crippen molar-refractivity contribution in [3.63, 3.8) is 0 Å². The third-order valence-electron chi connectivity index (χ3n) is 5.72. The predicted molar refractivity (Wildman–Crippen MR) is 129 cm³/mol. The van der Waals surface area contributed by atoms with E-state index in [1.165, 1.54) is 25.2 Å². The van der Waals surface area contributed by atoms with E-state index in [1.54, 1.807) is 24.3 Å². The van der Waals surface area contributed by atoms with Crippen LogP contribution in [-0.2, 0) is 16.1 Å². The summed E-state index contributed by atoms with van der Waals surface area (Å²) in [5, 5.41) is 10.9. The third-order valence-corrected chi connectivity index (χ3v) is 5.72. The summed E-state index contributed by atoms with van der Waals surface area (Å²) >= 11 is 0. The highest BCUT2D eigenvalue weighted by molar-refractivity contribution is 6.14. The number of amides is 1. The second-order valence-corrected chi connectivity index (χ2v) is 7.80. The SMILES string of the molecule is COc1ccc(OC)c(C2C(C(=O)C=Cc3ccccc3)=C(O)C(=O)N2Cc2ccccc2)c1. The van der Waals surface area contributed by atoms with Crippen molar-refractivity contribution in [2.24, 2.45) is 0 Å². The lowest BCUT2D eigenvalue weighted by atomic mass is 9.94. The Morgan fingerprint density at radius 2 is 1.65 bits per heavy atom. The van der Waals surface area contributed by atoms with Crippen LogP contribution in [0.2, 0.25) is 0 Å². The summed E-state index contributed by atoms with van der Waals surface area (Å²) in [6, 6.07) is 23.1. The van der Waals surface area contributed by atoms with Gasteiger partial charge in [0.05, 0.1) is 25.8 Å². The van der Waals surface area contributed by atoms with Crippen molar-refractivity contribution in [3.05, 3.63) is 113 Å². The maximum absolute atomic E-state index is 13.4. The molecule has 172 valence electrons. The highest BCUT2D eigenvalue weighted by atomic mass is 16.5. The van der Waals surface area contributed by atoms with Crippen LogP contribution < -0.4 is 9.47 Å². The Hall–Kier alpha value is -4.32. The third kappa shape index (κ3) is 4.57. The number of carbonyl (C=O) groups is 2. The summed E-state index contributed by atoms with van der Waals surface area (Å²) in [4.78, 5) is 28.0. The first-order chi connectivity index (χ1) is 16.5. The van der Waals surface area contributed by atoms with Crippen molar-refractivity contribution in [1.82, 2.24) is 4.90 Å². The van der Waals surface area contributed by atoms with Crippen molar-refractivity contribution in [2.75, 3.05) is 14.2 Å². The summed E-state index contributed by atoms with van der Waals surface area (Å²) in [5.41, 5.74) is 2.24. The topological polar surface area (TPSA) is 76.1 Å². The Balaban J connectivity index is 1.80. The molecule has 1 N–H and O–H groups in total. The average molecular weight is 456 g/mol. The number of ether oxygens (including phenoxy) is 2. The van der Waals surface area contributed by atoms with Gasteiger partial charge in [-0.2, -0.15) is 0 Å². The molecule has 0 bridgehead atoms. The number of carbonyl (C=O) groups excluding carboxylic acids is 2. The number of rotatable bonds is 8. The summed E-state index contributed by atoms with van der Waals surface area (Å²) in [6.07, 6.45) is 3.03. The maximum atomic E-state index is 13.4. The zero-order valence-corrected chi connectivity index (χ0v) is 19.0. The van der Waals surface area contributed by atoms with Gasteiger partial charge < -0.3 is 19.5 Å². The van der Waals surface area contributed by atoms with Crippen LogP contribution in [0.15, 0.2) is 96.3 Å².